The van der Waals surface area contributed by atoms with E-state index in [0.29, 0.717) is 17.4 Å². The number of carbonyl (C=O) groups excluding carboxylic acids is 2. The molecule has 0 aromatic heterocycles. The van der Waals surface area contributed by atoms with Crippen LogP contribution in [-0.2, 0) is 33.3 Å². The Morgan fingerprint density at radius 3 is 0.925 bits per heavy atom. The van der Waals surface area contributed by atoms with Crippen molar-refractivity contribution in [3.8, 4) is 0 Å². The van der Waals surface area contributed by atoms with Crippen LogP contribution in [0.3, 0.4) is 0 Å². The molecule has 0 aliphatic carbocycles. The maximum Gasteiger partial charge on any atom is 0.361 e. The molecule has 0 saturated heterocycles. The Morgan fingerprint density at radius 2 is 0.613 bits per heavy atom. The van der Waals surface area contributed by atoms with Crippen LogP contribution in [0.2, 0.25) is 0 Å². The number of aliphatic carboxylic acids is 1. The first kappa shape index (κ1) is 90.0. The van der Waals surface area contributed by atoms with Crippen molar-refractivity contribution < 1.29 is 42.9 Å². The van der Waals surface area contributed by atoms with Crippen LogP contribution in [0.25, 0.3) is 0 Å². The molecule has 0 aliphatic heterocycles. The topological polar surface area (TPSA) is 108 Å². The quantitative estimate of drug-likeness (QED) is 0.0211. The molecule has 0 aromatic carbocycles. The highest BCUT2D eigenvalue weighted by Gasteiger charge is 2.25. The summed E-state index contributed by atoms with van der Waals surface area (Å²) in [7, 11) is 6.00. The molecule has 1 N–H and O–H groups in total. The van der Waals surface area contributed by atoms with E-state index in [1.165, 1.54) is 308 Å². The number of hydrogen-bond acceptors (Lipinski definition) is 7. The van der Waals surface area contributed by atoms with Gasteiger partial charge in [-0.15, -0.1) is 0 Å². The normalized spacial score (nSPS) is 12.9. The molecule has 0 spiro atoms. The Hall–Kier alpha value is -3.01. The Labute approximate surface area is 577 Å². The molecule has 0 bridgehead atoms. The summed E-state index contributed by atoms with van der Waals surface area (Å²) in [5, 5.41) is 9.78. The summed E-state index contributed by atoms with van der Waals surface area (Å²) in [5.41, 5.74) is 0. The number of carboxylic acid groups (broad SMARTS) is 1. The van der Waals surface area contributed by atoms with Crippen molar-refractivity contribution in [1.29, 1.82) is 0 Å². The van der Waals surface area contributed by atoms with Crippen LogP contribution in [-0.4, -0.2) is 87.4 Å². The molecule has 0 saturated carbocycles. The minimum atomic E-state index is -1.51. The summed E-state index contributed by atoms with van der Waals surface area (Å²) in [5.74, 6) is -1.97. The first-order valence-electron chi connectivity index (χ1n) is 40.5. The number of carboxylic acids is 1. The lowest BCUT2D eigenvalue weighted by atomic mass is 10.0. The highest BCUT2D eigenvalue weighted by molar-refractivity contribution is 5.71. The van der Waals surface area contributed by atoms with E-state index in [1.54, 1.807) is 0 Å². The van der Waals surface area contributed by atoms with E-state index in [0.717, 1.165) is 64.2 Å². The fraction of sp³-hybridized carbons (Fsp3) is 0.845. The predicted molar refractivity (Wildman–Crippen MR) is 401 cm³/mol. The molecule has 544 valence electrons. The number of rotatable bonds is 76. The van der Waals surface area contributed by atoms with Crippen LogP contribution in [0.4, 0.5) is 0 Å². The fourth-order valence-corrected chi connectivity index (χ4v) is 12.1. The van der Waals surface area contributed by atoms with Crippen LogP contribution in [0, 0.1) is 0 Å². The Kier molecular flexibility index (Phi) is 72.4. The highest BCUT2D eigenvalue weighted by Crippen LogP contribution is 2.20. The molecule has 0 aliphatic rings. The molecule has 0 fully saturated rings. The zero-order chi connectivity index (χ0) is 67.5. The van der Waals surface area contributed by atoms with Gasteiger partial charge < -0.3 is 28.5 Å². The van der Waals surface area contributed by atoms with Crippen molar-refractivity contribution in [1.82, 2.24) is 0 Å². The van der Waals surface area contributed by atoms with Gasteiger partial charge >= 0.3 is 17.9 Å². The van der Waals surface area contributed by atoms with E-state index in [1.807, 2.05) is 21.1 Å². The summed E-state index contributed by atoms with van der Waals surface area (Å²) < 4.78 is 23.1. The molecule has 0 heterocycles. The molecule has 0 rings (SSSR count). The largest absolute Gasteiger partial charge is 0.477 e. The second-order valence-electron chi connectivity index (χ2n) is 28.7. The van der Waals surface area contributed by atoms with Gasteiger partial charge in [0.2, 0.25) is 0 Å². The summed E-state index contributed by atoms with van der Waals surface area (Å²) in [6.45, 7) is 4.84. The summed E-state index contributed by atoms with van der Waals surface area (Å²) in [4.78, 5) is 37.7. The number of hydrogen-bond donors (Lipinski definition) is 1. The summed E-state index contributed by atoms with van der Waals surface area (Å²) in [6.07, 6.45) is 96.7. The third-order valence-corrected chi connectivity index (χ3v) is 18.3. The Bertz CT molecular complexity index is 1710. The lowest BCUT2D eigenvalue weighted by Crippen LogP contribution is -2.40. The first-order chi connectivity index (χ1) is 45.6. The minimum Gasteiger partial charge on any atom is -0.477 e. The number of quaternary nitrogens is 1. The molecule has 2 unspecified atom stereocenters. The van der Waals surface area contributed by atoms with E-state index in [2.05, 4.69) is 74.6 Å². The molecule has 9 heteroatoms. The van der Waals surface area contributed by atoms with Crippen molar-refractivity contribution in [3.05, 3.63) is 60.8 Å². The van der Waals surface area contributed by atoms with Gasteiger partial charge in [0.15, 0.2) is 6.10 Å². The number of unbranched alkanes of at least 4 members (excludes halogenated alkanes) is 51. The molecule has 0 amide bonds. The van der Waals surface area contributed by atoms with Gasteiger partial charge in [0, 0.05) is 12.8 Å². The molecule has 0 aromatic rings. The van der Waals surface area contributed by atoms with E-state index >= 15 is 0 Å². The van der Waals surface area contributed by atoms with Crippen LogP contribution < -0.4 is 0 Å². The van der Waals surface area contributed by atoms with Gasteiger partial charge in [0.05, 0.1) is 34.4 Å². The van der Waals surface area contributed by atoms with Gasteiger partial charge in [-0.05, 0) is 77.0 Å². The van der Waals surface area contributed by atoms with Gasteiger partial charge in [-0.3, -0.25) is 9.59 Å². The zero-order valence-corrected chi connectivity index (χ0v) is 62.4. The number of esters is 2. The van der Waals surface area contributed by atoms with Crippen molar-refractivity contribution in [2.75, 3.05) is 47.5 Å². The number of likely N-dealkylation sites (N-methyl/N-ethyl adjacent to an activating group) is 1. The second-order valence-corrected chi connectivity index (χ2v) is 28.7. The highest BCUT2D eigenvalue weighted by atomic mass is 16.7. The van der Waals surface area contributed by atoms with Crippen molar-refractivity contribution in [3.63, 3.8) is 0 Å². The lowest BCUT2D eigenvalue weighted by molar-refractivity contribution is -0.870. The molecule has 0 radical (unpaired) electrons. The van der Waals surface area contributed by atoms with Crippen LogP contribution in [0.5, 0.6) is 0 Å². The van der Waals surface area contributed by atoms with Crippen LogP contribution >= 0.6 is 0 Å². The number of ether oxygens (including phenoxy) is 4. The number of nitrogens with zero attached hydrogens (tertiary/aromatic N) is 1. The van der Waals surface area contributed by atoms with Gasteiger partial charge in [0.1, 0.15) is 13.2 Å². The van der Waals surface area contributed by atoms with Gasteiger partial charge in [0.25, 0.3) is 6.29 Å². The van der Waals surface area contributed by atoms with Crippen molar-refractivity contribution in [2.45, 2.75) is 411 Å². The molecular formula is C84H156NO8+. The zero-order valence-electron chi connectivity index (χ0n) is 62.4. The molecule has 93 heavy (non-hydrogen) atoms. The minimum absolute atomic E-state index is 0.176. The van der Waals surface area contributed by atoms with Crippen molar-refractivity contribution >= 4 is 17.9 Å². The average molecular weight is 1310 g/mol. The lowest BCUT2D eigenvalue weighted by Gasteiger charge is -2.25. The number of allylic oxidation sites excluding steroid dienone is 10. The Morgan fingerprint density at radius 1 is 0.333 bits per heavy atom. The molecule has 2 atom stereocenters. The van der Waals surface area contributed by atoms with Crippen LogP contribution in [0.1, 0.15) is 399 Å². The van der Waals surface area contributed by atoms with Crippen LogP contribution in [0.15, 0.2) is 60.8 Å². The predicted octanol–water partition coefficient (Wildman–Crippen LogP) is 25.8. The second kappa shape index (κ2) is 74.8. The maximum absolute atomic E-state index is 13.0. The van der Waals surface area contributed by atoms with E-state index in [-0.39, 0.29) is 38.2 Å². The van der Waals surface area contributed by atoms with E-state index in [4.69, 9.17) is 18.9 Å². The smallest absolute Gasteiger partial charge is 0.361 e. The fourth-order valence-electron chi connectivity index (χ4n) is 12.1. The number of carbonyl (C=O) groups is 3. The SMILES string of the molecule is CC/C=C\C/C=C\C/C=C\C/C=C\CCCCCCCCCCCCCCCCCCCCCCCCCCC(=O)OC(COC(=O)CCCCCCCCCCCCCCCCCCCCC/C=C\CCCCCCCCCC)COC(OCC[N+](C)(C)C)C(=O)O. The Balaban J connectivity index is 3.96. The van der Waals surface area contributed by atoms with Gasteiger partial charge in [-0.1, -0.05) is 370 Å². The third kappa shape index (κ3) is 76.2. The molecular weight excluding hydrogens is 1150 g/mol. The summed E-state index contributed by atoms with van der Waals surface area (Å²) >= 11 is 0. The monoisotopic (exact) mass is 1310 g/mol. The molecule has 9 nitrogen and oxygen atoms in total. The van der Waals surface area contributed by atoms with Gasteiger partial charge in [-0.25, -0.2) is 4.79 Å². The first-order valence-corrected chi connectivity index (χ1v) is 40.5. The van der Waals surface area contributed by atoms with E-state index in [9.17, 15) is 19.5 Å². The van der Waals surface area contributed by atoms with E-state index < -0.39 is 18.4 Å². The maximum atomic E-state index is 13.0. The van der Waals surface area contributed by atoms with Crippen molar-refractivity contribution in [2.24, 2.45) is 0 Å². The third-order valence-electron chi connectivity index (χ3n) is 18.3. The van der Waals surface area contributed by atoms with Gasteiger partial charge in [-0.2, -0.15) is 0 Å². The summed E-state index contributed by atoms with van der Waals surface area (Å²) in [6, 6.07) is 0. The average Bonchev–Trinajstić information content (AvgIpc) is 3.73. The standard InChI is InChI=1S/C84H155NO8/c1-6-8-10-12-14-16-18-20-22-24-26-28-30-32-34-36-38-39-40-41-42-43-45-47-49-51-53-55-57-59-61-63-65-67-69-71-73-75-82(87)93-80(79-92-84(83(88)89)90-77-76-85(3,4)5)78-91-81(86)74-72-70-68-66-64-62-60-58-56-54-52-50-48-46-44-37-35-33-31-29-27-25-23-21-19-17-15-13-11-9-7-2/h8,10,14,16,20,22,25-28,80,84H,6-7,9,11-13,15,17-19,21,23-24,29-79H2,1-5H3/p+1/b10-8-,16-14-,22-20-,27-25-,28-26-.